The molecule has 0 N–H and O–H groups in total. The zero-order valence-electron chi connectivity index (χ0n) is 15.6. The van der Waals surface area contributed by atoms with Crippen LogP contribution in [0, 0.1) is 11.2 Å². The van der Waals surface area contributed by atoms with Crippen LogP contribution < -0.4 is 4.90 Å². The Morgan fingerprint density at radius 1 is 1.30 bits per heavy atom. The Balaban J connectivity index is 1.64. The zero-order valence-corrected chi connectivity index (χ0v) is 16.4. The first kappa shape index (κ1) is 18.1. The Labute approximate surface area is 161 Å². The van der Waals surface area contributed by atoms with Crippen LogP contribution in [-0.4, -0.2) is 39.2 Å². The largest absolute Gasteiger partial charge is 0.384 e. The van der Waals surface area contributed by atoms with E-state index in [1.807, 2.05) is 10.8 Å². The quantitative estimate of drug-likeness (QED) is 0.646. The fraction of sp³-hybridized carbons (Fsp3) is 0.421. The molecule has 1 fully saturated rings. The maximum Gasteiger partial charge on any atom is 0.205 e. The van der Waals surface area contributed by atoms with E-state index in [1.165, 1.54) is 23.7 Å². The van der Waals surface area contributed by atoms with Crippen molar-refractivity contribution in [3.05, 3.63) is 54.1 Å². The van der Waals surface area contributed by atoms with Gasteiger partial charge >= 0.3 is 0 Å². The van der Waals surface area contributed by atoms with Gasteiger partial charge in [-0.2, -0.15) is 4.37 Å². The second-order valence-corrected chi connectivity index (χ2v) is 8.12. The fourth-order valence-corrected chi connectivity index (χ4v) is 4.33. The predicted octanol–water partition coefficient (Wildman–Crippen LogP) is 3.64. The molecule has 1 aliphatic rings. The van der Waals surface area contributed by atoms with E-state index in [-0.39, 0.29) is 17.3 Å². The lowest BCUT2D eigenvalue weighted by Gasteiger charge is -2.53. The van der Waals surface area contributed by atoms with Gasteiger partial charge in [-0.3, -0.25) is 0 Å². The lowest BCUT2D eigenvalue weighted by atomic mass is 9.74. The highest BCUT2D eigenvalue weighted by molar-refractivity contribution is 7.09. The molecule has 0 aliphatic carbocycles. The summed E-state index contributed by atoms with van der Waals surface area (Å²) in [5.41, 5.74) is 0.936. The van der Waals surface area contributed by atoms with Gasteiger partial charge < -0.3 is 14.2 Å². The van der Waals surface area contributed by atoms with Crippen molar-refractivity contribution in [3.63, 3.8) is 0 Å². The Kier molecular flexibility index (Phi) is 4.69. The van der Waals surface area contributed by atoms with Gasteiger partial charge in [0.05, 0.1) is 12.6 Å². The number of halogens is 1. The van der Waals surface area contributed by atoms with Gasteiger partial charge in [-0.15, -0.1) is 0 Å². The van der Waals surface area contributed by atoms with Crippen LogP contribution in [-0.2, 0) is 11.2 Å². The third kappa shape index (κ3) is 3.35. The summed E-state index contributed by atoms with van der Waals surface area (Å²) >= 11 is 1.41. The smallest absolute Gasteiger partial charge is 0.205 e. The highest BCUT2D eigenvalue weighted by atomic mass is 32.1. The van der Waals surface area contributed by atoms with E-state index < -0.39 is 0 Å². The first-order valence-electron chi connectivity index (χ1n) is 8.87. The van der Waals surface area contributed by atoms with Crippen LogP contribution in [0.5, 0.6) is 0 Å². The van der Waals surface area contributed by atoms with E-state index in [0.29, 0.717) is 13.0 Å². The van der Waals surface area contributed by atoms with E-state index >= 15 is 0 Å². The number of imidazole rings is 1. The molecular weight excluding hydrogens is 365 g/mol. The van der Waals surface area contributed by atoms with Crippen LogP contribution in [0.3, 0.4) is 0 Å². The molecule has 3 heterocycles. The van der Waals surface area contributed by atoms with E-state index in [9.17, 15) is 4.39 Å². The Hall–Kier alpha value is -2.32. The first-order chi connectivity index (χ1) is 13.0. The van der Waals surface area contributed by atoms with Gasteiger partial charge in [-0.25, -0.2) is 14.4 Å². The third-order valence-electron chi connectivity index (χ3n) is 4.88. The fourth-order valence-electron chi connectivity index (χ4n) is 3.59. The van der Waals surface area contributed by atoms with Crippen LogP contribution in [0.25, 0.3) is 5.69 Å². The monoisotopic (exact) mass is 387 g/mol. The summed E-state index contributed by atoms with van der Waals surface area (Å²) in [6, 6.07) is 6.54. The molecule has 1 aromatic carbocycles. The van der Waals surface area contributed by atoms with Gasteiger partial charge in [0.1, 0.15) is 17.5 Å². The number of anilines is 1. The van der Waals surface area contributed by atoms with E-state index in [4.69, 9.17) is 4.74 Å². The van der Waals surface area contributed by atoms with Gasteiger partial charge in [0, 0.05) is 55.1 Å². The normalized spacial score (nSPS) is 18.5. The summed E-state index contributed by atoms with van der Waals surface area (Å²) in [4.78, 5) is 11.6. The molecular formula is C19H22FN5OS. The molecule has 1 saturated heterocycles. The summed E-state index contributed by atoms with van der Waals surface area (Å²) in [7, 11) is 1.68. The molecule has 0 spiro atoms. The molecule has 0 radical (unpaired) electrons. The Morgan fingerprint density at radius 3 is 2.78 bits per heavy atom. The van der Waals surface area contributed by atoms with Crippen molar-refractivity contribution in [1.82, 2.24) is 18.9 Å². The zero-order chi connectivity index (χ0) is 19.0. The molecule has 1 aliphatic heterocycles. The summed E-state index contributed by atoms with van der Waals surface area (Å²) in [5.74, 6) is 1.48. The molecule has 6 nitrogen and oxygen atoms in total. The number of benzene rings is 1. The van der Waals surface area contributed by atoms with Crippen molar-refractivity contribution in [2.24, 2.45) is 5.41 Å². The highest BCUT2D eigenvalue weighted by Gasteiger charge is 2.50. The topological polar surface area (TPSA) is 56.1 Å². The third-order valence-corrected chi connectivity index (χ3v) is 5.67. The first-order valence-corrected chi connectivity index (χ1v) is 9.64. The molecule has 0 saturated carbocycles. The number of aromatic nitrogens is 4. The van der Waals surface area contributed by atoms with Crippen molar-refractivity contribution >= 4 is 16.7 Å². The Bertz CT molecular complexity index is 920. The lowest BCUT2D eigenvalue weighted by Crippen LogP contribution is -2.56. The van der Waals surface area contributed by atoms with Crippen molar-refractivity contribution in [1.29, 1.82) is 0 Å². The van der Waals surface area contributed by atoms with Crippen LogP contribution in [0.1, 0.15) is 31.5 Å². The number of ether oxygens (including phenoxy) is 1. The van der Waals surface area contributed by atoms with E-state index in [1.54, 1.807) is 25.4 Å². The molecule has 27 heavy (non-hydrogen) atoms. The van der Waals surface area contributed by atoms with Gasteiger partial charge in [0.15, 0.2) is 0 Å². The minimum Gasteiger partial charge on any atom is -0.384 e. The molecule has 1 atom stereocenters. The van der Waals surface area contributed by atoms with E-state index in [0.717, 1.165) is 29.0 Å². The van der Waals surface area contributed by atoms with E-state index in [2.05, 4.69) is 33.1 Å². The van der Waals surface area contributed by atoms with Gasteiger partial charge in [-0.05, 0) is 24.3 Å². The lowest BCUT2D eigenvalue weighted by molar-refractivity contribution is 0.170. The molecule has 2 aromatic heterocycles. The number of nitrogens with zero attached hydrogens (tertiary/aromatic N) is 5. The molecule has 3 aromatic rings. The number of rotatable bonds is 6. The summed E-state index contributed by atoms with van der Waals surface area (Å²) in [5, 5.41) is 0.902. The van der Waals surface area contributed by atoms with Crippen LogP contribution >= 0.6 is 11.5 Å². The molecule has 1 unspecified atom stereocenters. The van der Waals surface area contributed by atoms with Gasteiger partial charge in [-0.1, -0.05) is 13.8 Å². The van der Waals surface area contributed by atoms with Crippen molar-refractivity contribution < 1.29 is 9.13 Å². The molecule has 0 bridgehead atoms. The SMILES string of the molecule is COCCc1nsc(N2CC(C)(C)C2c2nccn2-c2ccc(F)cc2)n1. The molecule has 8 heteroatoms. The van der Waals surface area contributed by atoms with Crippen molar-refractivity contribution in [2.45, 2.75) is 26.3 Å². The van der Waals surface area contributed by atoms with Crippen molar-refractivity contribution in [2.75, 3.05) is 25.2 Å². The Morgan fingerprint density at radius 2 is 2.07 bits per heavy atom. The molecule has 4 rings (SSSR count). The van der Waals surface area contributed by atoms with Crippen molar-refractivity contribution in [3.8, 4) is 5.69 Å². The minimum atomic E-state index is -0.247. The second kappa shape index (κ2) is 7.01. The summed E-state index contributed by atoms with van der Waals surface area (Å²) < 4.78 is 24.9. The highest BCUT2D eigenvalue weighted by Crippen LogP contribution is 2.50. The summed E-state index contributed by atoms with van der Waals surface area (Å²) in [6.07, 6.45) is 4.41. The molecule has 0 amide bonds. The van der Waals surface area contributed by atoms with Gasteiger partial charge in [0.25, 0.3) is 0 Å². The minimum absolute atomic E-state index is 0.0432. The average Bonchev–Trinajstić information content (AvgIpc) is 3.28. The average molecular weight is 387 g/mol. The summed E-state index contributed by atoms with van der Waals surface area (Å²) in [6.45, 7) is 5.95. The van der Waals surface area contributed by atoms with Gasteiger partial charge in [0.2, 0.25) is 5.13 Å². The maximum atomic E-state index is 13.3. The number of hydrogen-bond donors (Lipinski definition) is 0. The van der Waals surface area contributed by atoms with Crippen LogP contribution in [0.4, 0.5) is 9.52 Å². The number of methoxy groups -OCH3 is 1. The number of hydrogen-bond acceptors (Lipinski definition) is 6. The van der Waals surface area contributed by atoms with Crippen LogP contribution in [0.15, 0.2) is 36.7 Å². The second-order valence-electron chi connectivity index (χ2n) is 7.39. The standard InChI is InChI=1S/C19H22FN5OS/c1-19(2)12-25(18-22-15(23-27-18)8-11-26-3)16(19)17-21-9-10-24(17)14-6-4-13(20)5-7-14/h4-7,9-10,16H,8,11-12H2,1-3H3. The molecule has 142 valence electrons. The predicted molar refractivity (Wildman–Crippen MR) is 103 cm³/mol. The maximum absolute atomic E-state index is 13.3. The van der Waals surface area contributed by atoms with Crippen LogP contribution in [0.2, 0.25) is 0 Å².